The summed E-state index contributed by atoms with van der Waals surface area (Å²) in [6.45, 7) is 1.79. The maximum absolute atomic E-state index is 13.6. The molecule has 0 saturated heterocycles. The number of aromatic nitrogens is 3. The van der Waals surface area contributed by atoms with Crippen molar-refractivity contribution >= 4 is 5.69 Å². The van der Waals surface area contributed by atoms with Crippen LogP contribution in [0.15, 0.2) is 36.5 Å². The van der Waals surface area contributed by atoms with Crippen LogP contribution in [0, 0.1) is 24.4 Å². The number of hydrogen-bond acceptors (Lipinski definition) is 3. The van der Waals surface area contributed by atoms with E-state index in [0.29, 0.717) is 17.8 Å². The summed E-state index contributed by atoms with van der Waals surface area (Å²) in [5.74, 6) is -2.78. The predicted molar refractivity (Wildman–Crippen MR) is 84.8 cm³/mol. The molecule has 2 aromatic heterocycles. The van der Waals surface area contributed by atoms with Crippen LogP contribution >= 0.6 is 0 Å². The van der Waals surface area contributed by atoms with Crippen molar-refractivity contribution in [1.82, 2.24) is 14.8 Å². The highest BCUT2D eigenvalue weighted by Crippen LogP contribution is 2.20. The molecule has 0 aliphatic rings. The SMILES string of the molecule is Cc1cc(-c2ccc(NCc3c(F)cc(F)cc3F)cn2)n(C)n1. The van der Waals surface area contributed by atoms with Crippen LogP contribution in [0.2, 0.25) is 0 Å². The van der Waals surface area contributed by atoms with E-state index in [9.17, 15) is 13.2 Å². The summed E-state index contributed by atoms with van der Waals surface area (Å²) in [5, 5.41) is 7.13. The molecular formula is C17H15F3N4. The lowest BCUT2D eigenvalue weighted by molar-refractivity contribution is 0.527. The van der Waals surface area contributed by atoms with Crippen molar-refractivity contribution < 1.29 is 13.2 Å². The summed E-state index contributed by atoms with van der Waals surface area (Å²) >= 11 is 0. The number of nitrogens with zero attached hydrogens (tertiary/aromatic N) is 3. The van der Waals surface area contributed by atoms with Gasteiger partial charge in [-0.1, -0.05) is 0 Å². The molecular weight excluding hydrogens is 317 g/mol. The van der Waals surface area contributed by atoms with E-state index in [0.717, 1.165) is 17.1 Å². The Bertz CT molecular complexity index is 849. The largest absolute Gasteiger partial charge is 0.379 e. The molecule has 0 aliphatic heterocycles. The van der Waals surface area contributed by atoms with Gasteiger partial charge in [0.15, 0.2) is 0 Å². The summed E-state index contributed by atoms with van der Waals surface area (Å²) in [5.41, 5.74) is 2.87. The molecule has 2 heterocycles. The average molecular weight is 332 g/mol. The fraction of sp³-hybridized carbons (Fsp3) is 0.176. The lowest BCUT2D eigenvalue weighted by Crippen LogP contribution is -2.06. The molecule has 7 heteroatoms. The van der Waals surface area contributed by atoms with Crippen LogP contribution in [0.4, 0.5) is 18.9 Å². The van der Waals surface area contributed by atoms with E-state index >= 15 is 0 Å². The Morgan fingerprint density at radius 2 is 1.79 bits per heavy atom. The van der Waals surface area contributed by atoms with Crippen LogP contribution in [-0.4, -0.2) is 14.8 Å². The van der Waals surface area contributed by atoms with E-state index in [-0.39, 0.29) is 12.1 Å². The molecule has 0 atom stereocenters. The fourth-order valence-corrected chi connectivity index (χ4v) is 2.43. The Hall–Kier alpha value is -2.83. The number of benzene rings is 1. The second-order valence-corrected chi connectivity index (χ2v) is 5.43. The maximum Gasteiger partial charge on any atom is 0.134 e. The molecule has 0 radical (unpaired) electrons. The van der Waals surface area contributed by atoms with Crippen LogP contribution < -0.4 is 5.32 Å². The number of aryl methyl sites for hydroxylation is 2. The molecule has 1 aromatic carbocycles. The Balaban J connectivity index is 1.75. The second kappa shape index (κ2) is 6.35. The van der Waals surface area contributed by atoms with Crippen LogP contribution in [0.5, 0.6) is 0 Å². The van der Waals surface area contributed by atoms with E-state index in [2.05, 4.69) is 15.4 Å². The molecule has 3 aromatic rings. The number of rotatable bonds is 4. The highest BCUT2D eigenvalue weighted by atomic mass is 19.1. The molecule has 0 bridgehead atoms. The molecule has 124 valence electrons. The van der Waals surface area contributed by atoms with E-state index in [1.54, 1.807) is 23.0 Å². The van der Waals surface area contributed by atoms with Gasteiger partial charge in [-0.05, 0) is 25.1 Å². The summed E-state index contributed by atoms with van der Waals surface area (Å²) in [6.07, 6.45) is 1.57. The third-order valence-electron chi connectivity index (χ3n) is 3.60. The predicted octanol–water partition coefficient (Wildman–Crippen LogP) is 3.82. The lowest BCUT2D eigenvalue weighted by atomic mass is 10.2. The van der Waals surface area contributed by atoms with Gasteiger partial charge in [0.25, 0.3) is 0 Å². The summed E-state index contributed by atoms with van der Waals surface area (Å²) in [7, 11) is 1.83. The molecule has 0 spiro atoms. The van der Waals surface area contributed by atoms with Crippen molar-refractivity contribution in [2.45, 2.75) is 13.5 Å². The van der Waals surface area contributed by atoms with Gasteiger partial charge in [-0.2, -0.15) is 5.10 Å². The van der Waals surface area contributed by atoms with Gasteiger partial charge in [0.05, 0.1) is 29.0 Å². The van der Waals surface area contributed by atoms with Crippen molar-refractivity contribution in [3.05, 3.63) is 65.2 Å². The maximum atomic E-state index is 13.6. The molecule has 0 unspecified atom stereocenters. The number of nitrogens with one attached hydrogen (secondary N) is 1. The molecule has 0 saturated carbocycles. The van der Waals surface area contributed by atoms with Crippen LogP contribution in [0.3, 0.4) is 0 Å². The van der Waals surface area contributed by atoms with Gasteiger partial charge in [0.1, 0.15) is 17.5 Å². The number of anilines is 1. The first-order valence-electron chi connectivity index (χ1n) is 7.28. The minimum Gasteiger partial charge on any atom is -0.379 e. The Kier molecular flexibility index (Phi) is 4.24. The zero-order chi connectivity index (χ0) is 17.3. The van der Waals surface area contributed by atoms with Gasteiger partial charge in [-0.15, -0.1) is 0 Å². The number of pyridine rings is 1. The molecule has 0 aliphatic carbocycles. The number of hydrogen-bond donors (Lipinski definition) is 1. The standard InChI is InChI=1S/C17H15F3N4/c1-10-5-17(24(2)23-10)16-4-3-12(8-22-16)21-9-13-14(19)6-11(18)7-15(13)20/h3-8,21H,9H2,1-2H3. The summed E-state index contributed by atoms with van der Waals surface area (Å²) < 4.78 is 41.8. The number of halogens is 3. The molecule has 1 N–H and O–H groups in total. The van der Waals surface area contributed by atoms with Gasteiger partial charge in [-0.25, -0.2) is 13.2 Å². The Morgan fingerprint density at radius 3 is 2.33 bits per heavy atom. The van der Waals surface area contributed by atoms with Crippen LogP contribution in [0.25, 0.3) is 11.4 Å². The minimum atomic E-state index is -0.939. The van der Waals surface area contributed by atoms with E-state index < -0.39 is 17.5 Å². The van der Waals surface area contributed by atoms with Gasteiger partial charge >= 0.3 is 0 Å². The van der Waals surface area contributed by atoms with Crippen molar-refractivity contribution in [2.75, 3.05) is 5.32 Å². The second-order valence-electron chi connectivity index (χ2n) is 5.43. The fourth-order valence-electron chi connectivity index (χ4n) is 2.43. The van der Waals surface area contributed by atoms with Gasteiger partial charge in [0, 0.05) is 31.3 Å². The first kappa shape index (κ1) is 16.0. The highest BCUT2D eigenvalue weighted by molar-refractivity contribution is 5.58. The summed E-state index contributed by atoms with van der Waals surface area (Å²) in [6, 6.07) is 6.78. The quantitative estimate of drug-likeness (QED) is 0.790. The molecule has 0 fully saturated rings. The zero-order valence-electron chi connectivity index (χ0n) is 13.1. The van der Waals surface area contributed by atoms with Crippen molar-refractivity contribution in [1.29, 1.82) is 0 Å². The van der Waals surface area contributed by atoms with Gasteiger partial charge in [-0.3, -0.25) is 9.67 Å². The first-order chi connectivity index (χ1) is 11.4. The van der Waals surface area contributed by atoms with Gasteiger partial charge in [0.2, 0.25) is 0 Å². The van der Waals surface area contributed by atoms with Crippen molar-refractivity contribution in [3.63, 3.8) is 0 Å². The molecule has 24 heavy (non-hydrogen) atoms. The van der Waals surface area contributed by atoms with Crippen LogP contribution in [0.1, 0.15) is 11.3 Å². The Morgan fingerprint density at radius 1 is 1.08 bits per heavy atom. The summed E-state index contributed by atoms with van der Waals surface area (Å²) in [4.78, 5) is 4.32. The van der Waals surface area contributed by atoms with Gasteiger partial charge < -0.3 is 5.32 Å². The Labute approximate surface area is 137 Å². The van der Waals surface area contributed by atoms with E-state index in [4.69, 9.17) is 0 Å². The minimum absolute atomic E-state index is 0.107. The molecule has 0 amide bonds. The lowest BCUT2D eigenvalue weighted by Gasteiger charge is -2.09. The molecule has 4 nitrogen and oxygen atoms in total. The van der Waals surface area contributed by atoms with E-state index in [1.807, 2.05) is 20.0 Å². The van der Waals surface area contributed by atoms with Crippen molar-refractivity contribution in [3.8, 4) is 11.4 Å². The third-order valence-corrected chi connectivity index (χ3v) is 3.60. The smallest absolute Gasteiger partial charge is 0.134 e. The van der Waals surface area contributed by atoms with E-state index in [1.165, 1.54) is 0 Å². The monoisotopic (exact) mass is 332 g/mol. The normalized spacial score (nSPS) is 10.9. The average Bonchev–Trinajstić information content (AvgIpc) is 2.85. The first-order valence-corrected chi connectivity index (χ1v) is 7.28. The highest BCUT2D eigenvalue weighted by Gasteiger charge is 2.11. The van der Waals surface area contributed by atoms with Crippen LogP contribution in [-0.2, 0) is 13.6 Å². The zero-order valence-corrected chi connectivity index (χ0v) is 13.1. The third kappa shape index (κ3) is 3.24. The van der Waals surface area contributed by atoms with Crippen molar-refractivity contribution in [2.24, 2.45) is 7.05 Å². The molecule has 3 rings (SSSR count). The topological polar surface area (TPSA) is 42.7 Å².